The molecule has 1 heterocycles. The molecule has 90 valence electrons. The van der Waals surface area contributed by atoms with Gasteiger partial charge < -0.3 is 15.2 Å². The van der Waals surface area contributed by atoms with Crippen molar-refractivity contribution in [3.8, 4) is 0 Å². The fourth-order valence-corrected chi connectivity index (χ4v) is 1.72. The molecule has 17 heavy (non-hydrogen) atoms. The fraction of sp³-hybridized carbons (Fsp3) is 0.333. The van der Waals surface area contributed by atoms with Gasteiger partial charge in [-0.3, -0.25) is 4.79 Å². The summed E-state index contributed by atoms with van der Waals surface area (Å²) in [6, 6.07) is 7.97. The van der Waals surface area contributed by atoms with Gasteiger partial charge in [-0.25, -0.2) is 4.98 Å². The number of amides is 1. The lowest BCUT2D eigenvalue weighted by Gasteiger charge is -2.06. The number of carbonyl (C=O) groups is 1. The molecule has 0 atom stereocenters. The van der Waals surface area contributed by atoms with Crippen molar-refractivity contribution in [2.75, 3.05) is 18.4 Å². The maximum absolute atomic E-state index is 10.7. The van der Waals surface area contributed by atoms with Crippen LogP contribution in [0.25, 0.3) is 11.0 Å². The zero-order valence-corrected chi connectivity index (χ0v) is 10.0. The Morgan fingerprint density at radius 1 is 1.35 bits per heavy atom. The van der Waals surface area contributed by atoms with Crippen molar-refractivity contribution < 1.29 is 4.79 Å². The van der Waals surface area contributed by atoms with Crippen molar-refractivity contribution in [2.45, 2.75) is 6.92 Å². The van der Waals surface area contributed by atoms with Crippen LogP contribution in [0.15, 0.2) is 24.3 Å². The van der Waals surface area contributed by atoms with Gasteiger partial charge in [0.25, 0.3) is 0 Å². The number of benzene rings is 1. The second-order valence-electron chi connectivity index (χ2n) is 3.89. The van der Waals surface area contributed by atoms with Crippen molar-refractivity contribution >= 4 is 22.9 Å². The van der Waals surface area contributed by atoms with E-state index in [0.717, 1.165) is 17.0 Å². The summed E-state index contributed by atoms with van der Waals surface area (Å²) < 4.78 is 2.00. The van der Waals surface area contributed by atoms with Gasteiger partial charge >= 0.3 is 0 Å². The highest BCUT2D eigenvalue weighted by atomic mass is 16.1. The van der Waals surface area contributed by atoms with E-state index >= 15 is 0 Å². The van der Waals surface area contributed by atoms with Gasteiger partial charge in [0.1, 0.15) is 0 Å². The Bertz CT molecular complexity index is 532. The van der Waals surface area contributed by atoms with Crippen LogP contribution in [-0.4, -0.2) is 28.5 Å². The van der Waals surface area contributed by atoms with E-state index in [1.165, 1.54) is 6.92 Å². The molecule has 2 aromatic rings. The van der Waals surface area contributed by atoms with Crippen LogP contribution in [0, 0.1) is 0 Å². The zero-order valence-electron chi connectivity index (χ0n) is 10.0. The Balaban J connectivity index is 2.04. The second kappa shape index (κ2) is 4.86. The van der Waals surface area contributed by atoms with Crippen molar-refractivity contribution in [1.82, 2.24) is 14.9 Å². The Morgan fingerprint density at radius 3 is 2.82 bits per heavy atom. The van der Waals surface area contributed by atoms with Gasteiger partial charge in [-0.1, -0.05) is 12.1 Å². The van der Waals surface area contributed by atoms with Crippen LogP contribution in [-0.2, 0) is 11.8 Å². The molecule has 0 aliphatic carbocycles. The van der Waals surface area contributed by atoms with E-state index in [1.807, 2.05) is 35.9 Å². The monoisotopic (exact) mass is 232 g/mol. The van der Waals surface area contributed by atoms with Gasteiger partial charge in [-0.05, 0) is 12.1 Å². The fourth-order valence-electron chi connectivity index (χ4n) is 1.72. The summed E-state index contributed by atoms with van der Waals surface area (Å²) in [4.78, 5) is 15.2. The first kappa shape index (κ1) is 11.4. The predicted octanol–water partition coefficient (Wildman–Crippen LogP) is 1.12. The molecule has 0 saturated carbocycles. The first-order valence-corrected chi connectivity index (χ1v) is 5.58. The van der Waals surface area contributed by atoms with Crippen LogP contribution < -0.4 is 10.6 Å². The number of fused-ring (bicyclic) bond motifs is 1. The van der Waals surface area contributed by atoms with Crippen LogP contribution in [0.1, 0.15) is 6.92 Å². The Kier molecular flexibility index (Phi) is 3.27. The number of anilines is 1. The minimum absolute atomic E-state index is 0.0169. The molecule has 0 bridgehead atoms. The molecule has 0 aliphatic rings. The van der Waals surface area contributed by atoms with Crippen molar-refractivity contribution in [3.05, 3.63) is 24.3 Å². The van der Waals surface area contributed by atoms with Crippen LogP contribution >= 0.6 is 0 Å². The molecular formula is C12H16N4O. The Labute approximate surface area is 99.8 Å². The summed E-state index contributed by atoms with van der Waals surface area (Å²) in [5, 5.41) is 5.93. The first-order valence-electron chi connectivity index (χ1n) is 5.58. The van der Waals surface area contributed by atoms with Crippen LogP contribution in [0.5, 0.6) is 0 Å². The summed E-state index contributed by atoms with van der Waals surface area (Å²) in [7, 11) is 1.97. The Morgan fingerprint density at radius 2 is 2.12 bits per heavy atom. The second-order valence-corrected chi connectivity index (χ2v) is 3.89. The third-order valence-electron chi connectivity index (χ3n) is 2.57. The van der Waals surface area contributed by atoms with Gasteiger partial charge in [0.15, 0.2) is 0 Å². The van der Waals surface area contributed by atoms with Crippen molar-refractivity contribution in [3.63, 3.8) is 0 Å². The molecule has 0 radical (unpaired) electrons. The van der Waals surface area contributed by atoms with E-state index < -0.39 is 0 Å². The molecule has 5 heteroatoms. The van der Waals surface area contributed by atoms with Gasteiger partial charge in [-0.2, -0.15) is 0 Å². The number of imidazole rings is 1. The molecule has 1 aromatic carbocycles. The van der Waals surface area contributed by atoms with Crippen LogP contribution in [0.4, 0.5) is 5.95 Å². The highest BCUT2D eigenvalue weighted by Crippen LogP contribution is 2.16. The largest absolute Gasteiger partial charge is 0.355 e. The lowest BCUT2D eigenvalue weighted by Crippen LogP contribution is -2.26. The molecule has 0 saturated heterocycles. The van der Waals surface area contributed by atoms with Gasteiger partial charge in [0, 0.05) is 27.1 Å². The molecule has 5 nitrogen and oxygen atoms in total. The van der Waals surface area contributed by atoms with Gasteiger partial charge in [0.05, 0.1) is 11.0 Å². The minimum atomic E-state index is -0.0169. The highest BCUT2D eigenvalue weighted by molar-refractivity contribution is 5.78. The van der Waals surface area contributed by atoms with Crippen LogP contribution in [0.2, 0.25) is 0 Å². The molecule has 0 aliphatic heterocycles. The quantitative estimate of drug-likeness (QED) is 0.777. The van der Waals surface area contributed by atoms with E-state index in [1.54, 1.807) is 0 Å². The average Bonchev–Trinajstić information content (AvgIpc) is 2.63. The van der Waals surface area contributed by atoms with E-state index in [-0.39, 0.29) is 5.91 Å². The maximum Gasteiger partial charge on any atom is 0.216 e. The van der Waals surface area contributed by atoms with Gasteiger partial charge in [-0.15, -0.1) is 0 Å². The summed E-state index contributed by atoms with van der Waals surface area (Å²) in [6.07, 6.45) is 0. The summed E-state index contributed by atoms with van der Waals surface area (Å²) >= 11 is 0. The van der Waals surface area contributed by atoms with Crippen LogP contribution in [0.3, 0.4) is 0 Å². The lowest BCUT2D eigenvalue weighted by molar-refractivity contribution is -0.118. The third-order valence-corrected chi connectivity index (χ3v) is 2.57. The van der Waals surface area contributed by atoms with E-state index in [9.17, 15) is 4.79 Å². The SMILES string of the molecule is CC(=O)NCCNc1nc2ccccc2n1C. The molecule has 0 fully saturated rings. The lowest BCUT2D eigenvalue weighted by atomic mass is 10.3. The molecule has 2 N–H and O–H groups in total. The molecule has 0 unspecified atom stereocenters. The van der Waals surface area contributed by atoms with Gasteiger partial charge in [0.2, 0.25) is 11.9 Å². The molecule has 1 aromatic heterocycles. The number of aryl methyl sites for hydroxylation is 1. The molecule has 0 spiro atoms. The number of aromatic nitrogens is 2. The predicted molar refractivity (Wildman–Crippen MR) is 67.9 cm³/mol. The summed E-state index contributed by atoms with van der Waals surface area (Å²) in [5.74, 6) is 0.799. The normalized spacial score (nSPS) is 10.5. The molecular weight excluding hydrogens is 216 g/mol. The summed E-state index contributed by atoms with van der Waals surface area (Å²) in [6.45, 7) is 2.77. The highest BCUT2D eigenvalue weighted by Gasteiger charge is 2.05. The number of para-hydroxylation sites is 2. The third kappa shape index (κ3) is 2.55. The maximum atomic E-state index is 10.7. The van der Waals surface area contributed by atoms with Crippen molar-refractivity contribution in [2.24, 2.45) is 7.05 Å². The first-order chi connectivity index (χ1) is 8.18. The van der Waals surface area contributed by atoms with E-state index in [0.29, 0.717) is 13.1 Å². The Hall–Kier alpha value is -2.04. The number of carbonyl (C=O) groups excluding carboxylic acids is 1. The minimum Gasteiger partial charge on any atom is -0.355 e. The number of nitrogens with zero attached hydrogens (tertiary/aromatic N) is 2. The number of nitrogens with one attached hydrogen (secondary N) is 2. The zero-order chi connectivity index (χ0) is 12.3. The topological polar surface area (TPSA) is 59.0 Å². The molecule has 2 rings (SSSR count). The summed E-state index contributed by atoms with van der Waals surface area (Å²) in [5.41, 5.74) is 2.06. The average molecular weight is 232 g/mol. The standard InChI is InChI=1S/C12H16N4O/c1-9(17)13-7-8-14-12-15-10-5-3-4-6-11(10)16(12)2/h3-6H,7-8H2,1-2H3,(H,13,17)(H,14,15). The van der Waals surface area contributed by atoms with E-state index in [4.69, 9.17) is 0 Å². The smallest absolute Gasteiger partial charge is 0.216 e. The molecule has 1 amide bonds. The number of hydrogen-bond acceptors (Lipinski definition) is 3. The number of hydrogen-bond donors (Lipinski definition) is 2. The number of rotatable bonds is 4. The van der Waals surface area contributed by atoms with E-state index in [2.05, 4.69) is 15.6 Å². The van der Waals surface area contributed by atoms with Crippen molar-refractivity contribution in [1.29, 1.82) is 0 Å².